The van der Waals surface area contributed by atoms with E-state index in [1.165, 1.54) is 7.05 Å². The fourth-order valence-corrected chi connectivity index (χ4v) is 5.12. The first kappa shape index (κ1) is 22.8. The fraction of sp³-hybridized carbons (Fsp3) is 0.276. The molecule has 0 saturated carbocycles. The van der Waals surface area contributed by atoms with Crippen molar-refractivity contribution in [3.63, 3.8) is 0 Å². The van der Waals surface area contributed by atoms with E-state index in [1.54, 1.807) is 11.9 Å². The molecule has 0 spiro atoms. The number of ether oxygens (including phenoxy) is 1. The van der Waals surface area contributed by atoms with Crippen LogP contribution in [0.15, 0.2) is 78.9 Å². The highest BCUT2D eigenvalue weighted by Crippen LogP contribution is 2.40. The minimum absolute atomic E-state index is 0.0159. The van der Waals surface area contributed by atoms with Crippen molar-refractivity contribution in [3.8, 4) is 16.9 Å². The molecule has 2 heterocycles. The summed E-state index contributed by atoms with van der Waals surface area (Å²) in [7, 11) is 3.22. The molecule has 6 nitrogen and oxygen atoms in total. The summed E-state index contributed by atoms with van der Waals surface area (Å²) >= 11 is 0. The van der Waals surface area contributed by atoms with Gasteiger partial charge < -0.3 is 9.64 Å². The van der Waals surface area contributed by atoms with Gasteiger partial charge in [-0.1, -0.05) is 72.8 Å². The van der Waals surface area contributed by atoms with Crippen LogP contribution < -0.4 is 4.74 Å². The SMILES string of the molecule is CN(C[C@@H]1Cc2ccccc2O1)C(=O)C[C@]1(c2ccc(-c3ccccc3)cc2)CC(=O)N(C)C1=O. The lowest BCUT2D eigenvalue weighted by atomic mass is 9.75. The average molecular weight is 469 g/mol. The second-order valence-corrected chi connectivity index (χ2v) is 9.46. The molecule has 2 aliphatic heterocycles. The zero-order valence-corrected chi connectivity index (χ0v) is 19.9. The number of rotatable bonds is 6. The van der Waals surface area contributed by atoms with Crippen LogP contribution in [-0.2, 0) is 26.2 Å². The van der Waals surface area contributed by atoms with Crippen molar-refractivity contribution in [2.45, 2.75) is 30.8 Å². The van der Waals surface area contributed by atoms with Crippen LogP contribution >= 0.6 is 0 Å². The van der Waals surface area contributed by atoms with Crippen LogP contribution in [-0.4, -0.2) is 54.3 Å². The van der Waals surface area contributed by atoms with E-state index in [1.807, 2.05) is 78.9 Å². The Morgan fingerprint density at radius 1 is 0.971 bits per heavy atom. The molecule has 3 aromatic carbocycles. The molecule has 0 radical (unpaired) electrons. The summed E-state index contributed by atoms with van der Waals surface area (Å²) in [4.78, 5) is 42.1. The second kappa shape index (κ2) is 9.02. The molecule has 1 saturated heterocycles. The van der Waals surface area contributed by atoms with Gasteiger partial charge in [-0.3, -0.25) is 19.3 Å². The topological polar surface area (TPSA) is 66.9 Å². The lowest BCUT2D eigenvalue weighted by molar-refractivity contribution is -0.141. The number of likely N-dealkylation sites (N-methyl/N-ethyl adjacent to an activating group) is 2. The number of fused-ring (bicyclic) bond motifs is 1. The lowest BCUT2D eigenvalue weighted by Crippen LogP contribution is -2.43. The molecule has 2 atom stereocenters. The molecule has 6 heteroatoms. The average Bonchev–Trinajstić information content (AvgIpc) is 3.38. The van der Waals surface area contributed by atoms with E-state index in [0.717, 1.165) is 33.8 Å². The third kappa shape index (κ3) is 4.20. The van der Waals surface area contributed by atoms with Crippen LogP contribution in [0.5, 0.6) is 5.75 Å². The van der Waals surface area contributed by atoms with Gasteiger partial charge in [-0.25, -0.2) is 0 Å². The maximum atomic E-state index is 13.4. The Balaban J connectivity index is 1.36. The third-order valence-corrected chi connectivity index (χ3v) is 7.16. The molecule has 3 aromatic rings. The summed E-state index contributed by atoms with van der Waals surface area (Å²) in [5, 5.41) is 0. The number of likely N-dealkylation sites (tertiary alicyclic amines) is 1. The highest BCUT2D eigenvalue weighted by molar-refractivity contribution is 6.10. The standard InChI is InChI=1S/C29H28N2O4/c1-30(19-24-16-22-10-6-7-11-25(22)35-24)26(32)17-29(18-27(33)31(2)28(29)34)23-14-12-21(13-15-23)20-8-4-3-5-9-20/h3-15,24H,16-19H2,1-2H3/t24-,29+/m0/s1. The Labute approximate surface area is 205 Å². The largest absolute Gasteiger partial charge is 0.488 e. The van der Waals surface area contributed by atoms with Crippen molar-refractivity contribution in [1.29, 1.82) is 0 Å². The van der Waals surface area contributed by atoms with Crippen molar-refractivity contribution in [2.75, 3.05) is 20.6 Å². The number of hydrogen-bond acceptors (Lipinski definition) is 4. The van der Waals surface area contributed by atoms with Crippen molar-refractivity contribution >= 4 is 17.7 Å². The number of imide groups is 1. The van der Waals surface area contributed by atoms with Gasteiger partial charge in [-0.2, -0.15) is 0 Å². The minimum atomic E-state index is -1.20. The molecule has 0 aromatic heterocycles. The first-order chi connectivity index (χ1) is 16.9. The van der Waals surface area contributed by atoms with Crippen LogP contribution in [0.3, 0.4) is 0 Å². The molecule has 0 aliphatic carbocycles. The molecule has 2 aliphatic rings. The lowest BCUT2D eigenvalue weighted by Gasteiger charge is -2.29. The number of amides is 3. The van der Waals surface area contributed by atoms with Gasteiger partial charge in [0.05, 0.1) is 12.0 Å². The van der Waals surface area contributed by atoms with Gasteiger partial charge in [0, 0.05) is 33.4 Å². The summed E-state index contributed by atoms with van der Waals surface area (Å²) in [6.07, 6.45) is 0.520. The van der Waals surface area contributed by atoms with Gasteiger partial charge in [-0.05, 0) is 28.3 Å². The third-order valence-electron chi connectivity index (χ3n) is 7.16. The Morgan fingerprint density at radius 2 is 1.63 bits per heavy atom. The summed E-state index contributed by atoms with van der Waals surface area (Å²) in [6.45, 7) is 0.411. The van der Waals surface area contributed by atoms with Gasteiger partial charge >= 0.3 is 0 Å². The van der Waals surface area contributed by atoms with Crippen molar-refractivity contribution in [1.82, 2.24) is 9.80 Å². The molecule has 0 bridgehead atoms. The van der Waals surface area contributed by atoms with E-state index in [4.69, 9.17) is 4.74 Å². The molecule has 0 unspecified atom stereocenters. The van der Waals surface area contributed by atoms with Gasteiger partial charge in [0.25, 0.3) is 0 Å². The molecule has 0 N–H and O–H groups in total. The number of nitrogens with zero attached hydrogens (tertiary/aromatic N) is 2. The Hall–Kier alpha value is -3.93. The summed E-state index contributed by atoms with van der Waals surface area (Å²) in [6, 6.07) is 25.5. The van der Waals surface area contributed by atoms with Crippen molar-refractivity contribution < 1.29 is 19.1 Å². The predicted octanol–water partition coefficient (Wildman–Crippen LogP) is 3.83. The number of benzene rings is 3. The maximum Gasteiger partial charge on any atom is 0.240 e. The minimum Gasteiger partial charge on any atom is -0.488 e. The molecule has 35 heavy (non-hydrogen) atoms. The molecule has 5 rings (SSSR count). The van der Waals surface area contributed by atoms with E-state index in [2.05, 4.69) is 0 Å². The Kier molecular flexibility index (Phi) is 5.89. The first-order valence-electron chi connectivity index (χ1n) is 11.8. The molecule has 1 fully saturated rings. The summed E-state index contributed by atoms with van der Waals surface area (Å²) in [5.74, 6) is 0.0630. The highest BCUT2D eigenvalue weighted by atomic mass is 16.5. The van der Waals surface area contributed by atoms with E-state index < -0.39 is 5.41 Å². The van der Waals surface area contributed by atoms with Gasteiger partial charge in [-0.15, -0.1) is 0 Å². The fourth-order valence-electron chi connectivity index (χ4n) is 5.12. The van der Waals surface area contributed by atoms with Crippen LogP contribution in [0.1, 0.15) is 24.0 Å². The van der Waals surface area contributed by atoms with Crippen LogP contribution in [0.25, 0.3) is 11.1 Å². The molecular formula is C29H28N2O4. The molecular weight excluding hydrogens is 440 g/mol. The Bertz CT molecular complexity index is 1250. The molecule has 3 amide bonds. The Morgan fingerprint density at radius 3 is 2.29 bits per heavy atom. The maximum absolute atomic E-state index is 13.4. The van der Waals surface area contributed by atoms with E-state index in [0.29, 0.717) is 12.1 Å². The second-order valence-electron chi connectivity index (χ2n) is 9.46. The van der Waals surface area contributed by atoms with Crippen molar-refractivity contribution in [2.24, 2.45) is 0 Å². The number of para-hydroxylation sites is 1. The van der Waals surface area contributed by atoms with E-state index in [-0.39, 0.29) is 36.7 Å². The van der Waals surface area contributed by atoms with Crippen LogP contribution in [0.4, 0.5) is 0 Å². The van der Waals surface area contributed by atoms with Crippen LogP contribution in [0, 0.1) is 0 Å². The van der Waals surface area contributed by atoms with E-state index >= 15 is 0 Å². The summed E-state index contributed by atoms with van der Waals surface area (Å²) in [5.41, 5.74) is 2.69. The quantitative estimate of drug-likeness (QED) is 0.516. The monoisotopic (exact) mass is 468 g/mol. The summed E-state index contributed by atoms with van der Waals surface area (Å²) < 4.78 is 5.99. The normalized spacial score (nSPS) is 21.1. The predicted molar refractivity (Wildman–Crippen MR) is 133 cm³/mol. The zero-order valence-electron chi connectivity index (χ0n) is 19.9. The van der Waals surface area contributed by atoms with Gasteiger partial charge in [0.2, 0.25) is 17.7 Å². The smallest absolute Gasteiger partial charge is 0.240 e. The van der Waals surface area contributed by atoms with E-state index in [9.17, 15) is 14.4 Å². The number of hydrogen-bond donors (Lipinski definition) is 0. The van der Waals surface area contributed by atoms with Gasteiger partial charge in [0.1, 0.15) is 11.9 Å². The van der Waals surface area contributed by atoms with Gasteiger partial charge in [0.15, 0.2) is 0 Å². The first-order valence-corrected chi connectivity index (χ1v) is 11.8. The zero-order chi connectivity index (χ0) is 24.6. The number of carbonyl (C=O) groups is 3. The molecule has 178 valence electrons. The van der Waals surface area contributed by atoms with Crippen LogP contribution in [0.2, 0.25) is 0 Å². The van der Waals surface area contributed by atoms with Crippen molar-refractivity contribution in [3.05, 3.63) is 90.0 Å². The highest BCUT2D eigenvalue weighted by Gasteiger charge is 2.52. The number of carbonyl (C=O) groups excluding carboxylic acids is 3.